The number of fused-ring (bicyclic) bond motifs is 1. The van der Waals surface area contributed by atoms with E-state index in [1.54, 1.807) is 31.2 Å². The zero-order valence-corrected chi connectivity index (χ0v) is 10.7. The van der Waals surface area contributed by atoms with Gasteiger partial charge in [-0.25, -0.2) is 0 Å². The number of carbonyl (C=O) groups excluding carboxylic acids is 3. The Balaban J connectivity index is 2.48. The van der Waals surface area contributed by atoms with Crippen molar-refractivity contribution < 1.29 is 14.4 Å². The standard InChI is InChI=1S/C15H16O3/c1-3-6-13(17)15(2)9-12(16)10-7-4-5-8-11(10)14(15)18/h4-5,7-8H,3,6,9H2,1-2H3. The summed E-state index contributed by atoms with van der Waals surface area (Å²) in [7, 11) is 0. The van der Waals surface area contributed by atoms with Crippen molar-refractivity contribution in [3.63, 3.8) is 0 Å². The first-order chi connectivity index (χ1) is 8.50. The van der Waals surface area contributed by atoms with Gasteiger partial charge in [-0.05, 0) is 13.3 Å². The van der Waals surface area contributed by atoms with Gasteiger partial charge in [0.2, 0.25) is 0 Å². The molecule has 1 atom stereocenters. The van der Waals surface area contributed by atoms with E-state index in [2.05, 4.69) is 0 Å². The van der Waals surface area contributed by atoms with Gasteiger partial charge in [0, 0.05) is 24.0 Å². The Hall–Kier alpha value is -1.77. The minimum atomic E-state index is -1.17. The van der Waals surface area contributed by atoms with Crippen LogP contribution in [0.25, 0.3) is 0 Å². The quantitative estimate of drug-likeness (QED) is 0.768. The van der Waals surface area contributed by atoms with Crippen molar-refractivity contribution >= 4 is 17.3 Å². The first-order valence-electron chi connectivity index (χ1n) is 6.21. The molecule has 0 spiro atoms. The Morgan fingerprint density at radius 2 is 1.83 bits per heavy atom. The maximum atomic E-state index is 12.4. The summed E-state index contributed by atoms with van der Waals surface area (Å²) in [6.07, 6.45) is 1.04. The molecule has 0 amide bonds. The largest absolute Gasteiger partial charge is 0.299 e. The van der Waals surface area contributed by atoms with Crippen molar-refractivity contribution in [1.29, 1.82) is 0 Å². The fraction of sp³-hybridized carbons (Fsp3) is 0.400. The number of hydrogen-bond acceptors (Lipinski definition) is 3. The Labute approximate surface area is 106 Å². The first kappa shape index (κ1) is 12.7. The van der Waals surface area contributed by atoms with E-state index in [1.165, 1.54) is 0 Å². The van der Waals surface area contributed by atoms with Crippen LogP contribution in [0.1, 0.15) is 53.8 Å². The van der Waals surface area contributed by atoms with Crippen molar-refractivity contribution in [2.75, 3.05) is 0 Å². The second-order valence-electron chi connectivity index (χ2n) is 4.98. The van der Waals surface area contributed by atoms with Crippen molar-refractivity contribution in [2.45, 2.75) is 33.1 Å². The predicted octanol–water partition coefficient (Wildman–Crippen LogP) is 2.83. The lowest BCUT2D eigenvalue weighted by Crippen LogP contribution is -2.42. The molecule has 18 heavy (non-hydrogen) atoms. The summed E-state index contributed by atoms with van der Waals surface area (Å²) in [4.78, 5) is 36.6. The molecule has 1 aliphatic carbocycles. The molecule has 0 saturated carbocycles. The van der Waals surface area contributed by atoms with Crippen molar-refractivity contribution in [3.8, 4) is 0 Å². The summed E-state index contributed by atoms with van der Waals surface area (Å²) in [5.74, 6) is -0.453. The van der Waals surface area contributed by atoms with Crippen molar-refractivity contribution in [2.24, 2.45) is 5.41 Å². The van der Waals surface area contributed by atoms with Gasteiger partial charge in [0.25, 0.3) is 0 Å². The molecule has 0 saturated heterocycles. The molecular weight excluding hydrogens is 228 g/mol. The molecule has 3 heteroatoms. The van der Waals surface area contributed by atoms with E-state index in [4.69, 9.17) is 0 Å². The van der Waals surface area contributed by atoms with Gasteiger partial charge in [-0.15, -0.1) is 0 Å². The third kappa shape index (κ3) is 1.80. The molecule has 0 aliphatic heterocycles. The lowest BCUT2D eigenvalue weighted by molar-refractivity contribution is -0.125. The third-order valence-corrected chi connectivity index (χ3v) is 3.58. The number of ketones is 3. The molecule has 0 radical (unpaired) electrons. The molecule has 1 aromatic rings. The van der Waals surface area contributed by atoms with Crippen molar-refractivity contribution in [3.05, 3.63) is 35.4 Å². The Morgan fingerprint density at radius 3 is 2.44 bits per heavy atom. The Morgan fingerprint density at radius 1 is 1.22 bits per heavy atom. The summed E-state index contributed by atoms with van der Waals surface area (Å²) < 4.78 is 0. The Bertz CT molecular complexity index is 530. The first-order valence-corrected chi connectivity index (χ1v) is 6.21. The molecule has 0 aromatic heterocycles. The van der Waals surface area contributed by atoms with Gasteiger partial charge in [0.15, 0.2) is 11.6 Å². The highest BCUT2D eigenvalue weighted by atomic mass is 16.2. The fourth-order valence-corrected chi connectivity index (χ4v) is 2.45. The second kappa shape index (κ2) is 4.48. The minimum Gasteiger partial charge on any atom is -0.299 e. The monoisotopic (exact) mass is 244 g/mol. The number of carbonyl (C=O) groups is 3. The summed E-state index contributed by atoms with van der Waals surface area (Å²) >= 11 is 0. The molecule has 0 heterocycles. The van der Waals surface area contributed by atoms with Crippen LogP contribution in [0.2, 0.25) is 0 Å². The van der Waals surface area contributed by atoms with Crippen LogP contribution in [0, 0.1) is 5.41 Å². The smallest absolute Gasteiger partial charge is 0.177 e. The SMILES string of the molecule is CCCC(=O)C1(C)CC(=O)c2ccccc2C1=O. The number of Topliss-reactive ketones (excluding diaryl/α,β-unsaturated/α-hetero) is 3. The zero-order chi connectivity index (χ0) is 13.3. The lowest BCUT2D eigenvalue weighted by Gasteiger charge is -2.30. The maximum absolute atomic E-state index is 12.4. The molecule has 2 rings (SSSR count). The Kier molecular flexibility index (Phi) is 3.16. The van der Waals surface area contributed by atoms with Crippen LogP contribution in [0.5, 0.6) is 0 Å². The van der Waals surface area contributed by atoms with E-state index >= 15 is 0 Å². The molecule has 1 unspecified atom stereocenters. The van der Waals surface area contributed by atoms with E-state index in [1.807, 2.05) is 6.92 Å². The molecule has 0 N–H and O–H groups in total. The lowest BCUT2D eigenvalue weighted by atomic mass is 9.68. The molecular formula is C15H16O3. The van der Waals surface area contributed by atoms with E-state index < -0.39 is 5.41 Å². The van der Waals surface area contributed by atoms with Crippen LogP contribution in [0.4, 0.5) is 0 Å². The van der Waals surface area contributed by atoms with Gasteiger partial charge >= 0.3 is 0 Å². The van der Waals surface area contributed by atoms with Crippen LogP contribution in [-0.4, -0.2) is 17.3 Å². The number of rotatable bonds is 3. The summed E-state index contributed by atoms with van der Waals surface area (Å²) in [6, 6.07) is 6.74. The third-order valence-electron chi connectivity index (χ3n) is 3.58. The van der Waals surface area contributed by atoms with Crippen LogP contribution < -0.4 is 0 Å². The van der Waals surface area contributed by atoms with Crippen LogP contribution in [-0.2, 0) is 4.79 Å². The summed E-state index contributed by atoms with van der Waals surface area (Å²) in [6.45, 7) is 3.49. The number of benzene rings is 1. The van der Waals surface area contributed by atoms with E-state index in [9.17, 15) is 14.4 Å². The molecule has 0 bridgehead atoms. The van der Waals surface area contributed by atoms with Gasteiger partial charge in [0.05, 0.1) is 5.41 Å². The molecule has 3 nitrogen and oxygen atoms in total. The number of hydrogen-bond donors (Lipinski definition) is 0. The van der Waals surface area contributed by atoms with Gasteiger partial charge in [-0.1, -0.05) is 31.2 Å². The summed E-state index contributed by atoms with van der Waals surface area (Å²) in [5.41, 5.74) is -0.327. The van der Waals surface area contributed by atoms with Gasteiger partial charge in [-0.2, -0.15) is 0 Å². The highest BCUT2D eigenvalue weighted by Gasteiger charge is 2.46. The highest BCUT2D eigenvalue weighted by Crippen LogP contribution is 2.36. The van der Waals surface area contributed by atoms with Crippen LogP contribution in [0.3, 0.4) is 0 Å². The average molecular weight is 244 g/mol. The molecule has 94 valence electrons. The maximum Gasteiger partial charge on any atom is 0.177 e. The normalized spacial score (nSPS) is 22.8. The molecule has 0 fully saturated rings. The minimum absolute atomic E-state index is 0.00167. The van der Waals surface area contributed by atoms with Gasteiger partial charge < -0.3 is 0 Å². The van der Waals surface area contributed by atoms with Crippen LogP contribution in [0.15, 0.2) is 24.3 Å². The van der Waals surface area contributed by atoms with Crippen molar-refractivity contribution in [1.82, 2.24) is 0 Å². The second-order valence-corrected chi connectivity index (χ2v) is 4.98. The highest BCUT2D eigenvalue weighted by molar-refractivity contribution is 6.24. The zero-order valence-electron chi connectivity index (χ0n) is 10.7. The predicted molar refractivity (Wildman–Crippen MR) is 67.7 cm³/mol. The van der Waals surface area contributed by atoms with Crippen LogP contribution >= 0.6 is 0 Å². The summed E-state index contributed by atoms with van der Waals surface area (Å²) in [5, 5.41) is 0. The molecule has 1 aromatic carbocycles. The van der Waals surface area contributed by atoms with E-state index in [0.29, 0.717) is 24.0 Å². The average Bonchev–Trinajstić information content (AvgIpc) is 2.36. The van der Waals surface area contributed by atoms with E-state index in [0.717, 1.165) is 0 Å². The van der Waals surface area contributed by atoms with Gasteiger partial charge in [-0.3, -0.25) is 14.4 Å². The van der Waals surface area contributed by atoms with E-state index in [-0.39, 0.29) is 23.8 Å². The van der Waals surface area contributed by atoms with Gasteiger partial charge in [0.1, 0.15) is 5.78 Å². The topological polar surface area (TPSA) is 51.2 Å². The fourth-order valence-electron chi connectivity index (χ4n) is 2.45. The molecule has 1 aliphatic rings.